The quantitative estimate of drug-likeness (QED) is 0.375. The van der Waals surface area contributed by atoms with Crippen molar-refractivity contribution in [1.29, 1.82) is 0 Å². The van der Waals surface area contributed by atoms with Gasteiger partial charge in [-0.25, -0.2) is 5.43 Å². The Balaban J connectivity index is 2.49. The third-order valence-electron chi connectivity index (χ3n) is 3.66. The summed E-state index contributed by atoms with van der Waals surface area (Å²) in [5.41, 5.74) is 4.83. The monoisotopic (exact) mass is 317 g/mol. The van der Waals surface area contributed by atoms with Gasteiger partial charge in [-0.05, 0) is 37.0 Å². The minimum Gasteiger partial charge on any atom is -0.372 e. The molecule has 0 aliphatic carbocycles. The third-order valence-corrected chi connectivity index (χ3v) is 3.66. The van der Waals surface area contributed by atoms with Crippen molar-refractivity contribution >= 4 is 17.8 Å². The second-order valence-electron chi connectivity index (χ2n) is 5.83. The number of benzene rings is 1. The Morgan fingerprint density at radius 3 is 2.26 bits per heavy atom. The number of carbonyl (C=O) groups is 1. The summed E-state index contributed by atoms with van der Waals surface area (Å²) in [6, 6.07) is 8.33. The van der Waals surface area contributed by atoms with Crippen LogP contribution in [0.4, 0.5) is 5.69 Å². The van der Waals surface area contributed by atoms with Gasteiger partial charge in [-0.3, -0.25) is 4.79 Å². The summed E-state index contributed by atoms with van der Waals surface area (Å²) in [4.78, 5) is 14.0. The molecule has 0 aliphatic heterocycles. The molecular weight excluding hydrogens is 286 g/mol. The summed E-state index contributed by atoms with van der Waals surface area (Å²) in [7, 11) is 0. The van der Waals surface area contributed by atoms with Crippen LogP contribution in [0.1, 0.15) is 64.9 Å². The third kappa shape index (κ3) is 7.82. The molecule has 0 spiro atoms. The Morgan fingerprint density at radius 2 is 1.70 bits per heavy atom. The van der Waals surface area contributed by atoms with Crippen LogP contribution in [0.25, 0.3) is 0 Å². The van der Waals surface area contributed by atoms with E-state index in [9.17, 15) is 4.79 Å². The van der Waals surface area contributed by atoms with Crippen molar-refractivity contribution in [3.63, 3.8) is 0 Å². The number of rotatable bonds is 11. The Morgan fingerprint density at radius 1 is 1.04 bits per heavy atom. The zero-order valence-electron chi connectivity index (χ0n) is 14.8. The molecule has 1 amide bonds. The highest BCUT2D eigenvalue weighted by Gasteiger charge is 2.03. The molecule has 0 bridgehead atoms. The fraction of sp³-hybridized carbons (Fsp3) is 0.579. The van der Waals surface area contributed by atoms with Gasteiger partial charge < -0.3 is 4.90 Å². The summed E-state index contributed by atoms with van der Waals surface area (Å²) in [5, 5.41) is 4.03. The van der Waals surface area contributed by atoms with E-state index in [0.29, 0.717) is 6.42 Å². The summed E-state index contributed by atoms with van der Waals surface area (Å²) >= 11 is 0. The van der Waals surface area contributed by atoms with Gasteiger partial charge in [0.25, 0.3) is 0 Å². The number of nitrogens with one attached hydrogen (secondary N) is 1. The summed E-state index contributed by atoms with van der Waals surface area (Å²) in [6.07, 6.45) is 7.68. The molecule has 0 aliphatic rings. The molecule has 4 nitrogen and oxygen atoms in total. The molecule has 1 aromatic rings. The smallest absolute Gasteiger partial charge is 0.240 e. The van der Waals surface area contributed by atoms with E-state index in [0.717, 1.165) is 50.8 Å². The molecule has 1 rings (SSSR count). The highest BCUT2D eigenvalue weighted by molar-refractivity contribution is 5.82. The number of hydrogen-bond acceptors (Lipinski definition) is 3. The summed E-state index contributed by atoms with van der Waals surface area (Å²) in [5.74, 6) is -0.0108. The van der Waals surface area contributed by atoms with Crippen LogP contribution in [0.5, 0.6) is 0 Å². The van der Waals surface area contributed by atoms with Gasteiger partial charge in [0.1, 0.15) is 0 Å². The average molecular weight is 317 g/mol. The SMILES string of the molecule is CCCCCC(=O)N/N=C/c1ccc(N(CCC)CCC)cc1. The number of anilines is 1. The van der Waals surface area contributed by atoms with Crippen LogP contribution in [0, 0.1) is 0 Å². The van der Waals surface area contributed by atoms with Crippen molar-refractivity contribution < 1.29 is 4.79 Å². The molecule has 0 fully saturated rings. The van der Waals surface area contributed by atoms with Crippen molar-refractivity contribution in [3.8, 4) is 0 Å². The zero-order chi connectivity index (χ0) is 16.9. The van der Waals surface area contributed by atoms with Gasteiger partial charge in [0, 0.05) is 25.2 Å². The first-order valence-corrected chi connectivity index (χ1v) is 8.88. The number of hydrazone groups is 1. The maximum absolute atomic E-state index is 11.6. The molecule has 0 heterocycles. The van der Waals surface area contributed by atoms with Crippen LogP contribution < -0.4 is 10.3 Å². The van der Waals surface area contributed by atoms with Crippen molar-refractivity contribution in [2.45, 2.75) is 59.3 Å². The van der Waals surface area contributed by atoms with Gasteiger partial charge in [-0.15, -0.1) is 0 Å². The van der Waals surface area contributed by atoms with Gasteiger partial charge in [-0.2, -0.15) is 5.10 Å². The maximum atomic E-state index is 11.6. The Bertz CT molecular complexity index is 462. The molecule has 0 aromatic heterocycles. The van der Waals surface area contributed by atoms with E-state index < -0.39 is 0 Å². The van der Waals surface area contributed by atoms with Crippen LogP contribution in [0.3, 0.4) is 0 Å². The fourth-order valence-corrected chi connectivity index (χ4v) is 2.45. The van der Waals surface area contributed by atoms with E-state index in [2.05, 4.69) is 48.3 Å². The number of unbranched alkanes of at least 4 members (excludes halogenated alkanes) is 2. The van der Waals surface area contributed by atoms with Crippen molar-refractivity contribution in [2.24, 2.45) is 5.10 Å². The van der Waals surface area contributed by atoms with E-state index in [1.54, 1.807) is 6.21 Å². The first-order valence-electron chi connectivity index (χ1n) is 8.88. The van der Waals surface area contributed by atoms with E-state index in [1.807, 2.05) is 12.1 Å². The first kappa shape index (κ1) is 19.2. The molecule has 0 atom stereocenters. The van der Waals surface area contributed by atoms with Gasteiger partial charge >= 0.3 is 0 Å². The Hall–Kier alpha value is -1.84. The van der Waals surface area contributed by atoms with E-state index in [-0.39, 0.29) is 5.91 Å². The second kappa shape index (κ2) is 11.7. The lowest BCUT2D eigenvalue weighted by Gasteiger charge is -2.23. The lowest BCUT2D eigenvalue weighted by Crippen LogP contribution is -2.24. The number of nitrogens with zero attached hydrogens (tertiary/aromatic N) is 2. The van der Waals surface area contributed by atoms with Crippen molar-refractivity contribution in [1.82, 2.24) is 5.43 Å². The lowest BCUT2D eigenvalue weighted by atomic mass is 10.2. The minimum atomic E-state index is -0.0108. The Labute approximate surface area is 141 Å². The molecule has 0 unspecified atom stereocenters. The molecule has 128 valence electrons. The van der Waals surface area contributed by atoms with Gasteiger partial charge in [0.05, 0.1) is 6.21 Å². The Kier molecular flexibility index (Phi) is 9.76. The first-order chi connectivity index (χ1) is 11.2. The lowest BCUT2D eigenvalue weighted by molar-refractivity contribution is -0.121. The highest BCUT2D eigenvalue weighted by atomic mass is 16.2. The molecule has 0 radical (unpaired) electrons. The molecule has 1 aromatic carbocycles. The van der Waals surface area contributed by atoms with E-state index >= 15 is 0 Å². The second-order valence-corrected chi connectivity index (χ2v) is 5.83. The molecule has 4 heteroatoms. The predicted molar refractivity (Wildman–Crippen MR) is 99.1 cm³/mol. The maximum Gasteiger partial charge on any atom is 0.240 e. The predicted octanol–water partition coefficient (Wildman–Crippen LogP) is 4.34. The molecular formula is C19H31N3O. The van der Waals surface area contributed by atoms with Gasteiger partial charge in [0.15, 0.2) is 0 Å². The van der Waals surface area contributed by atoms with Gasteiger partial charge in [0.2, 0.25) is 5.91 Å². The fourth-order valence-electron chi connectivity index (χ4n) is 2.45. The summed E-state index contributed by atoms with van der Waals surface area (Å²) < 4.78 is 0. The molecule has 23 heavy (non-hydrogen) atoms. The van der Waals surface area contributed by atoms with Crippen LogP contribution in [-0.2, 0) is 4.79 Å². The molecule has 0 saturated heterocycles. The number of carbonyl (C=O) groups excluding carboxylic acids is 1. The van der Waals surface area contributed by atoms with Crippen LogP contribution >= 0.6 is 0 Å². The molecule has 1 N–H and O–H groups in total. The largest absolute Gasteiger partial charge is 0.372 e. The zero-order valence-corrected chi connectivity index (χ0v) is 14.8. The number of amides is 1. The average Bonchev–Trinajstić information content (AvgIpc) is 2.56. The number of hydrogen-bond donors (Lipinski definition) is 1. The van der Waals surface area contributed by atoms with Crippen molar-refractivity contribution in [2.75, 3.05) is 18.0 Å². The molecule has 0 saturated carbocycles. The topological polar surface area (TPSA) is 44.7 Å². The normalized spacial score (nSPS) is 10.9. The van der Waals surface area contributed by atoms with Crippen LogP contribution in [0.15, 0.2) is 29.4 Å². The standard InChI is InChI=1S/C19H31N3O/c1-4-7-8-9-19(23)21-20-16-17-10-12-18(13-11-17)22(14-5-2)15-6-3/h10-13,16H,4-9,14-15H2,1-3H3,(H,21,23)/b20-16+. The summed E-state index contributed by atoms with van der Waals surface area (Å²) in [6.45, 7) is 8.69. The van der Waals surface area contributed by atoms with E-state index in [4.69, 9.17) is 0 Å². The van der Waals surface area contributed by atoms with Crippen LogP contribution in [-0.4, -0.2) is 25.2 Å². The van der Waals surface area contributed by atoms with E-state index in [1.165, 1.54) is 5.69 Å². The highest BCUT2D eigenvalue weighted by Crippen LogP contribution is 2.15. The van der Waals surface area contributed by atoms with Gasteiger partial charge in [-0.1, -0.05) is 45.7 Å². The van der Waals surface area contributed by atoms with Crippen LogP contribution in [0.2, 0.25) is 0 Å². The minimum absolute atomic E-state index is 0.0108. The van der Waals surface area contributed by atoms with Crippen molar-refractivity contribution in [3.05, 3.63) is 29.8 Å².